The molecule has 0 saturated carbocycles. The number of fused-ring (bicyclic) bond motifs is 1. The molecule has 3 heteroatoms. The lowest BCUT2D eigenvalue weighted by molar-refractivity contribution is 0.461. The number of rotatable bonds is 6. The summed E-state index contributed by atoms with van der Waals surface area (Å²) in [6.45, 7) is 3.43. The van der Waals surface area contributed by atoms with Gasteiger partial charge in [-0.05, 0) is 68.3 Å². The van der Waals surface area contributed by atoms with Crippen LogP contribution in [0.1, 0.15) is 42.7 Å². The lowest BCUT2D eigenvalue weighted by atomic mass is 9.90. The van der Waals surface area contributed by atoms with E-state index in [0.29, 0.717) is 0 Å². The highest BCUT2D eigenvalue weighted by atomic mass is 35.5. The van der Waals surface area contributed by atoms with Crippen LogP contribution in [0.2, 0.25) is 0 Å². The summed E-state index contributed by atoms with van der Waals surface area (Å²) < 4.78 is 2.50. The largest absolute Gasteiger partial charge is 0.347 e. The minimum atomic E-state index is 0. The number of hydrogen-bond donors (Lipinski definition) is 1. The second-order valence-electron chi connectivity index (χ2n) is 7.26. The number of unbranched alkanes of at least 4 members (excludes halogenated alkanes) is 1. The molecule has 2 aromatic carbocycles. The topological polar surface area (TPSA) is 17.0 Å². The highest BCUT2D eigenvalue weighted by molar-refractivity contribution is 5.85. The summed E-state index contributed by atoms with van der Waals surface area (Å²) in [6.07, 6.45) is 8.65. The van der Waals surface area contributed by atoms with Gasteiger partial charge in [0, 0.05) is 23.6 Å². The first kappa shape index (κ1) is 19.0. The highest BCUT2D eigenvalue weighted by Gasteiger charge is 2.19. The average molecular weight is 369 g/mol. The SMILES string of the molecule is Cl.c1ccc(CCCCn2cc(C3CCNCC3)c3ccccc32)cc1. The summed E-state index contributed by atoms with van der Waals surface area (Å²) >= 11 is 0. The van der Waals surface area contributed by atoms with Crippen LogP contribution in [0.4, 0.5) is 0 Å². The van der Waals surface area contributed by atoms with Gasteiger partial charge in [0.1, 0.15) is 0 Å². The van der Waals surface area contributed by atoms with Crippen molar-refractivity contribution in [1.29, 1.82) is 0 Å². The Balaban J connectivity index is 0.00000196. The normalized spacial score (nSPS) is 15.1. The monoisotopic (exact) mass is 368 g/mol. The van der Waals surface area contributed by atoms with Crippen LogP contribution in [0.3, 0.4) is 0 Å². The molecule has 0 bridgehead atoms. The van der Waals surface area contributed by atoms with Crippen molar-refractivity contribution in [2.75, 3.05) is 13.1 Å². The van der Waals surface area contributed by atoms with E-state index in [-0.39, 0.29) is 12.4 Å². The van der Waals surface area contributed by atoms with E-state index >= 15 is 0 Å². The van der Waals surface area contributed by atoms with Gasteiger partial charge in [0.2, 0.25) is 0 Å². The fraction of sp³-hybridized carbons (Fsp3) is 0.391. The Bertz CT molecular complexity index is 803. The lowest BCUT2D eigenvalue weighted by Crippen LogP contribution is -2.26. The van der Waals surface area contributed by atoms with Crippen molar-refractivity contribution >= 4 is 23.3 Å². The van der Waals surface area contributed by atoms with Gasteiger partial charge in [0.15, 0.2) is 0 Å². The quantitative estimate of drug-likeness (QED) is 0.564. The summed E-state index contributed by atoms with van der Waals surface area (Å²) in [5.41, 5.74) is 4.44. The third-order valence-corrected chi connectivity index (χ3v) is 5.56. The maximum Gasteiger partial charge on any atom is 0.0483 e. The van der Waals surface area contributed by atoms with E-state index in [2.05, 4.69) is 70.7 Å². The number of halogens is 1. The van der Waals surface area contributed by atoms with Crippen molar-refractivity contribution in [3.05, 3.63) is 71.9 Å². The number of nitrogens with one attached hydrogen (secondary N) is 1. The number of nitrogens with zero attached hydrogens (tertiary/aromatic N) is 1. The van der Waals surface area contributed by atoms with E-state index < -0.39 is 0 Å². The third kappa shape index (κ3) is 4.31. The van der Waals surface area contributed by atoms with Crippen LogP contribution in [0.15, 0.2) is 60.8 Å². The molecule has 1 aliphatic rings. The van der Waals surface area contributed by atoms with Crippen LogP contribution in [0.5, 0.6) is 0 Å². The Kier molecular flexibility index (Phi) is 6.76. The van der Waals surface area contributed by atoms with Gasteiger partial charge in [-0.1, -0.05) is 48.5 Å². The van der Waals surface area contributed by atoms with Crippen LogP contribution in [-0.4, -0.2) is 17.7 Å². The molecule has 0 amide bonds. The van der Waals surface area contributed by atoms with Crippen molar-refractivity contribution in [3.63, 3.8) is 0 Å². The molecule has 0 aliphatic carbocycles. The molecule has 0 radical (unpaired) electrons. The molecule has 1 fully saturated rings. The van der Waals surface area contributed by atoms with Gasteiger partial charge in [0.25, 0.3) is 0 Å². The number of aromatic nitrogens is 1. The summed E-state index contributed by atoms with van der Waals surface area (Å²) in [5, 5.41) is 4.96. The molecule has 0 spiro atoms. The third-order valence-electron chi connectivity index (χ3n) is 5.56. The van der Waals surface area contributed by atoms with E-state index in [1.54, 1.807) is 5.56 Å². The zero-order valence-electron chi connectivity index (χ0n) is 15.4. The molecule has 0 atom stereocenters. The smallest absolute Gasteiger partial charge is 0.0483 e. The first-order valence-corrected chi connectivity index (χ1v) is 9.74. The molecule has 1 saturated heterocycles. The molecule has 26 heavy (non-hydrogen) atoms. The number of benzene rings is 2. The summed E-state index contributed by atoms with van der Waals surface area (Å²) in [4.78, 5) is 0. The predicted octanol–water partition coefficient (Wildman–Crippen LogP) is 5.55. The van der Waals surface area contributed by atoms with Crippen molar-refractivity contribution in [1.82, 2.24) is 9.88 Å². The fourth-order valence-electron chi connectivity index (χ4n) is 4.17. The minimum Gasteiger partial charge on any atom is -0.347 e. The van der Waals surface area contributed by atoms with Gasteiger partial charge in [0.05, 0.1) is 0 Å². The average Bonchev–Trinajstić information content (AvgIpc) is 3.06. The molecular weight excluding hydrogens is 340 g/mol. The fourth-order valence-corrected chi connectivity index (χ4v) is 4.17. The van der Waals surface area contributed by atoms with Gasteiger partial charge in [-0.3, -0.25) is 0 Å². The molecule has 0 unspecified atom stereocenters. The minimum absolute atomic E-state index is 0. The van der Waals surface area contributed by atoms with Crippen LogP contribution in [0.25, 0.3) is 10.9 Å². The Labute approximate surface area is 163 Å². The van der Waals surface area contributed by atoms with E-state index in [9.17, 15) is 0 Å². The van der Waals surface area contributed by atoms with Gasteiger partial charge in [-0.2, -0.15) is 0 Å². The maximum atomic E-state index is 3.49. The van der Waals surface area contributed by atoms with Gasteiger partial charge in [-0.25, -0.2) is 0 Å². The zero-order valence-corrected chi connectivity index (χ0v) is 16.2. The second kappa shape index (κ2) is 9.25. The van der Waals surface area contributed by atoms with E-state index in [4.69, 9.17) is 0 Å². The molecular formula is C23H29ClN2. The molecule has 1 N–H and O–H groups in total. The molecule has 2 heterocycles. The molecule has 2 nitrogen and oxygen atoms in total. The second-order valence-corrected chi connectivity index (χ2v) is 7.26. The van der Waals surface area contributed by atoms with Crippen molar-refractivity contribution in [2.45, 2.75) is 44.6 Å². The van der Waals surface area contributed by atoms with Crippen LogP contribution in [-0.2, 0) is 13.0 Å². The number of aryl methyl sites for hydroxylation is 2. The summed E-state index contributed by atoms with van der Waals surface area (Å²) in [6, 6.07) is 19.8. The first-order chi connectivity index (χ1) is 12.4. The lowest BCUT2D eigenvalue weighted by Gasteiger charge is -2.22. The molecule has 4 rings (SSSR count). The van der Waals surface area contributed by atoms with Crippen molar-refractivity contribution < 1.29 is 0 Å². The Morgan fingerprint density at radius 1 is 0.885 bits per heavy atom. The molecule has 3 aromatic rings. The molecule has 1 aromatic heterocycles. The maximum absolute atomic E-state index is 3.49. The van der Waals surface area contributed by atoms with Crippen LogP contribution >= 0.6 is 12.4 Å². The Morgan fingerprint density at radius 3 is 2.42 bits per heavy atom. The number of piperidine rings is 1. The van der Waals surface area contributed by atoms with Crippen molar-refractivity contribution in [3.8, 4) is 0 Å². The van der Waals surface area contributed by atoms with Gasteiger partial charge in [-0.15, -0.1) is 12.4 Å². The van der Waals surface area contributed by atoms with E-state index in [1.165, 1.54) is 48.6 Å². The molecule has 1 aliphatic heterocycles. The Morgan fingerprint density at radius 2 is 1.62 bits per heavy atom. The summed E-state index contributed by atoms with van der Waals surface area (Å²) in [7, 11) is 0. The van der Waals surface area contributed by atoms with Gasteiger partial charge < -0.3 is 9.88 Å². The van der Waals surface area contributed by atoms with E-state index in [0.717, 1.165) is 25.6 Å². The highest BCUT2D eigenvalue weighted by Crippen LogP contribution is 2.33. The van der Waals surface area contributed by atoms with E-state index in [1.807, 2.05) is 0 Å². The first-order valence-electron chi connectivity index (χ1n) is 9.74. The van der Waals surface area contributed by atoms with Crippen molar-refractivity contribution in [2.24, 2.45) is 0 Å². The van der Waals surface area contributed by atoms with Gasteiger partial charge >= 0.3 is 0 Å². The number of hydrogen-bond acceptors (Lipinski definition) is 1. The summed E-state index contributed by atoms with van der Waals surface area (Å²) in [5.74, 6) is 0.719. The molecule has 138 valence electrons. The van der Waals surface area contributed by atoms with Crippen LogP contribution < -0.4 is 5.32 Å². The predicted molar refractivity (Wildman–Crippen MR) is 113 cm³/mol. The number of para-hydroxylation sites is 1. The Hall–Kier alpha value is -1.77. The zero-order chi connectivity index (χ0) is 16.9. The van der Waals surface area contributed by atoms with Crippen LogP contribution in [0, 0.1) is 0 Å². The standard InChI is InChI=1S/C23H28N2.ClH/c1-2-8-19(9-3-1)10-6-7-17-25-18-22(20-13-15-24-16-14-20)21-11-4-5-12-23(21)25;/h1-5,8-9,11-12,18,20,24H,6-7,10,13-17H2;1H.